The second kappa shape index (κ2) is 8.13. The molecule has 0 saturated heterocycles. The van der Waals surface area contributed by atoms with Crippen LogP contribution >= 0.6 is 0 Å². The molecule has 0 radical (unpaired) electrons. The van der Waals surface area contributed by atoms with Crippen molar-refractivity contribution in [2.75, 3.05) is 0 Å². The summed E-state index contributed by atoms with van der Waals surface area (Å²) < 4.78 is 35.4. The van der Waals surface area contributed by atoms with Crippen LogP contribution in [-0.2, 0) is 14.8 Å². The van der Waals surface area contributed by atoms with Gasteiger partial charge in [-0.3, -0.25) is 0 Å². The maximum atomic E-state index is 13.4. The number of ether oxygens (including phenoxy) is 1. The van der Waals surface area contributed by atoms with E-state index in [9.17, 15) is 13.2 Å². The molecule has 2 aromatic heterocycles. The van der Waals surface area contributed by atoms with Crippen LogP contribution in [0.15, 0.2) is 90.0 Å². The van der Waals surface area contributed by atoms with Crippen LogP contribution in [0, 0.1) is 6.92 Å². The van der Waals surface area contributed by atoms with Crippen LogP contribution in [0.1, 0.15) is 26.3 Å². The van der Waals surface area contributed by atoms with E-state index in [2.05, 4.69) is 0 Å². The first-order valence-corrected chi connectivity index (χ1v) is 12.8. The highest BCUT2D eigenvalue weighted by Crippen LogP contribution is 2.35. The third kappa shape index (κ3) is 4.02. The highest BCUT2D eigenvalue weighted by atomic mass is 32.2. The summed E-state index contributed by atoms with van der Waals surface area (Å²) in [6, 6.07) is 23.5. The van der Waals surface area contributed by atoms with Gasteiger partial charge in [0.15, 0.2) is 0 Å². The zero-order valence-corrected chi connectivity index (χ0v) is 20.8. The Labute approximate surface area is 204 Å². The van der Waals surface area contributed by atoms with E-state index < -0.39 is 21.7 Å². The maximum absolute atomic E-state index is 13.4. The molecule has 0 unspecified atom stereocenters. The Hall–Kier alpha value is -3.84. The minimum atomic E-state index is -3.79. The summed E-state index contributed by atoms with van der Waals surface area (Å²) in [6.07, 6.45) is 1.07. The standard InChI is InChI=1S/C28H26N2O4S/c1-19-12-14-21(15-13-19)35(32,33)29-17-16-23-22(9-7-11-25(23)29)26-18-20-8-5-6-10-24(20)30(26)27(31)34-28(2,3)4/h5-18H,1-4H3. The molecule has 0 aliphatic rings. The number of nitrogens with zero attached hydrogens (tertiary/aromatic N) is 2. The molecular weight excluding hydrogens is 460 g/mol. The fourth-order valence-electron chi connectivity index (χ4n) is 4.26. The van der Waals surface area contributed by atoms with Crippen molar-refractivity contribution in [1.82, 2.24) is 8.54 Å². The van der Waals surface area contributed by atoms with Gasteiger partial charge in [0.05, 0.1) is 21.6 Å². The lowest BCUT2D eigenvalue weighted by atomic mass is 10.1. The molecule has 0 amide bonds. The minimum Gasteiger partial charge on any atom is -0.443 e. The molecule has 0 N–H and O–H groups in total. The van der Waals surface area contributed by atoms with Crippen LogP contribution in [0.3, 0.4) is 0 Å². The summed E-state index contributed by atoms with van der Waals surface area (Å²) in [6.45, 7) is 7.39. The zero-order chi connectivity index (χ0) is 25.0. The summed E-state index contributed by atoms with van der Waals surface area (Å²) in [7, 11) is -3.79. The average Bonchev–Trinajstić information content (AvgIpc) is 3.40. The van der Waals surface area contributed by atoms with E-state index in [1.54, 1.807) is 53.2 Å². The Bertz CT molecular complexity index is 1680. The molecule has 0 atom stereocenters. The quantitative estimate of drug-likeness (QED) is 0.288. The Morgan fingerprint density at radius 1 is 0.857 bits per heavy atom. The SMILES string of the molecule is Cc1ccc(S(=O)(=O)n2ccc3c(-c4cc5ccccc5n4C(=O)OC(C)(C)C)cccc32)cc1. The predicted octanol–water partition coefficient (Wildman–Crippen LogP) is 6.59. The normalized spacial score (nSPS) is 12.3. The molecular formula is C28H26N2O4S. The van der Waals surface area contributed by atoms with Crippen molar-refractivity contribution in [2.24, 2.45) is 0 Å². The number of benzene rings is 3. The largest absolute Gasteiger partial charge is 0.443 e. The molecule has 0 spiro atoms. The van der Waals surface area contributed by atoms with Gasteiger partial charge in [-0.2, -0.15) is 0 Å². The average molecular weight is 487 g/mol. The van der Waals surface area contributed by atoms with E-state index in [-0.39, 0.29) is 4.90 Å². The Balaban J connectivity index is 1.72. The van der Waals surface area contributed by atoms with Crippen molar-refractivity contribution in [2.45, 2.75) is 38.2 Å². The van der Waals surface area contributed by atoms with Crippen LogP contribution in [-0.4, -0.2) is 28.7 Å². The first-order valence-electron chi connectivity index (χ1n) is 11.3. The van der Waals surface area contributed by atoms with E-state index >= 15 is 0 Å². The number of carbonyl (C=O) groups is 1. The molecule has 35 heavy (non-hydrogen) atoms. The summed E-state index contributed by atoms with van der Waals surface area (Å²) in [4.78, 5) is 13.5. The van der Waals surface area contributed by atoms with Crippen molar-refractivity contribution < 1.29 is 17.9 Å². The highest BCUT2D eigenvalue weighted by Gasteiger charge is 2.25. The van der Waals surface area contributed by atoms with E-state index in [0.29, 0.717) is 11.2 Å². The molecule has 7 heteroatoms. The lowest BCUT2D eigenvalue weighted by molar-refractivity contribution is 0.0547. The number of fused-ring (bicyclic) bond motifs is 2. The topological polar surface area (TPSA) is 70.3 Å². The second-order valence-electron chi connectivity index (χ2n) is 9.57. The van der Waals surface area contributed by atoms with Gasteiger partial charge in [0.1, 0.15) is 5.60 Å². The fourth-order valence-corrected chi connectivity index (χ4v) is 5.60. The summed E-state index contributed by atoms with van der Waals surface area (Å²) in [5, 5.41) is 1.60. The number of aromatic nitrogens is 2. The molecule has 2 heterocycles. The first kappa shape index (κ1) is 22.9. The van der Waals surface area contributed by atoms with E-state index in [1.165, 1.54) is 3.97 Å². The van der Waals surface area contributed by atoms with Crippen LogP contribution in [0.2, 0.25) is 0 Å². The number of para-hydroxylation sites is 1. The monoisotopic (exact) mass is 486 g/mol. The van der Waals surface area contributed by atoms with Crippen molar-refractivity contribution >= 4 is 37.9 Å². The van der Waals surface area contributed by atoms with Crippen molar-refractivity contribution in [1.29, 1.82) is 0 Å². The van der Waals surface area contributed by atoms with Gasteiger partial charge < -0.3 is 4.74 Å². The third-order valence-corrected chi connectivity index (χ3v) is 7.54. The number of hydrogen-bond donors (Lipinski definition) is 0. The molecule has 0 saturated carbocycles. The fraction of sp³-hybridized carbons (Fsp3) is 0.179. The van der Waals surface area contributed by atoms with Crippen molar-refractivity contribution in [3.63, 3.8) is 0 Å². The van der Waals surface area contributed by atoms with Crippen molar-refractivity contribution in [3.05, 3.63) is 90.6 Å². The van der Waals surface area contributed by atoms with E-state index in [0.717, 1.165) is 27.4 Å². The number of rotatable bonds is 3. The van der Waals surface area contributed by atoms with Gasteiger partial charge >= 0.3 is 6.09 Å². The first-order chi connectivity index (χ1) is 16.6. The summed E-state index contributed by atoms with van der Waals surface area (Å²) in [5.74, 6) is 0. The van der Waals surface area contributed by atoms with E-state index in [4.69, 9.17) is 4.74 Å². The van der Waals surface area contributed by atoms with Gasteiger partial charge in [0.25, 0.3) is 10.0 Å². The summed E-state index contributed by atoms with van der Waals surface area (Å²) in [5.41, 5.74) is 2.94. The van der Waals surface area contributed by atoms with Crippen LogP contribution < -0.4 is 0 Å². The van der Waals surface area contributed by atoms with Crippen molar-refractivity contribution in [3.8, 4) is 11.3 Å². The maximum Gasteiger partial charge on any atom is 0.419 e. The van der Waals surface area contributed by atoms with Gasteiger partial charge in [0, 0.05) is 22.5 Å². The lowest BCUT2D eigenvalue weighted by Gasteiger charge is -2.21. The van der Waals surface area contributed by atoms with Gasteiger partial charge in [-0.05, 0) is 64.1 Å². The predicted molar refractivity (Wildman–Crippen MR) is 138 cm³/mol. The third-order valence-electron chi connectivity index (χ3n) is 5.84. The summed E-state index contributed by atoms with van der Waals surface area (Å²) >= 11 is 0. The van der Waals surface area contributed by atoms with Crippen LogP contribution in [0.4, 0.5) is 4.79 Å². The molecule has 5 aromatic rings. The molecule has 6 nitrogen and oxygen atoms in total. The second-order valence-corrected chi connectivity index (χ2v) is 11.4. The molecule has 5 rings (SSSR count). The zero-order valence-electron chi connectivity index (χ0n) is 20.0. The molecule has 0 aliphatic heterocycles. The lowest BCUT2D eigenvalue weighted by Crippen LogP contribution is -2.27. The Kier molecular flexibility index (Phi) is 5.33. The molecule has 0 aliphatic carbocycles. The molecule has 0 fully saturated rings. The van der Waals surface area contributed by atoms with Gasteiger partial charge in [-0.15, -0.1) is 0 Å². The molecule has 0 bridgehead atoms. The van der Waals surface area contributed by atoms with E-state index in [1.807, 2.05) is 64.1 Å². The number of aryl methyl sites for hydroxylation is 1. The molecule has 3 aromatic carbocycles. The van der Waals surface area contributed by atoms with Crippen LogP contribution in [0.25, 0.3) is 33.1 Å². The smallest absolute Gasteiger partial charge is 0.419 e. The molecule has 178 valence electrons. The van der Waals surface area contributed by atoms with Gasteiger partial charge in [-0.25, -0.2) is 21.8 Å². The Morgan fingerprint density at radius 3 is 2.26 bits per heavy atom. The van der Waals surface area contributed by atoms with Gasteiger partial charge in [-0.1, -0.05) is 48.0 Å². The Morgan fingerprint density at radius 2 is 1.54 bits per heavy atom. The number of hydrogen-bond acceptors (Lipinski definition) is 4. The minimum absolute atomic E-state index is 0.217. The van der Waals surface area contributed by atoms with Crippen LogP contribution in [0.5, 0.6) is 0 Å². The number of carbonyl (C=O) groups excluding carboxylic acids is 1. The van der Waals surface area contributed by atoms with Gasteiger partial charge in [0.2, 0.25) is 0 Å². The highest BCUT2D eigenvalue weighted by molar-refractivity contribution is 7.90.